The zero-order chi connectivity index (χ0) is 29.7. The van der Waals surface area contributed by atoms with Gasteiger partial charge in [-0.15, -0.1) is 0 Å². The highest BCUT2D eigenvalue weighted by Gasteiger charge is 2.31. The second kappa shape index (κ2) is 12.3. The zero-order valence-corrected chi connectivity index (χ0v) is 22.9. The van der Waals surface area contributed by atoms with E-state index in [4.69, 9.17) is 18.9 Å². The van der Waals surface area contributed by atoms with Crippen LogP contribution in [0.25, 0.3) is 16.6 Å². The maximum absolute atomic E-state index is 13.3. The molecule has 41 heavy (non-hydrogen) atoms. The summed E-state index contributed by atoms with van der Waals surface area (Å²) in [5.41, 5.74) is 0.800. The molecule has 0 amide bonds. The first-order chi connectivity index (χ1) is 19.5. The fraction of sp³-hybridized carbons (Fsp3) is 0.300. The number of esters is 2. The van der Waals surface area contributed by atoms with Gasteiger partial charge < -0.3 is 23.5 Å². The molecular weight excluding hydrogens is 541 g/mol. The number of pyridine rings is 1. The number of alkyl halides is 3. The van der Waals surface area contributed by atoms with Gasteiger partial charge in [0.1, 0.15) is 11.5 Å². The number of nitrogens with zero attached hydrogens (tertiary/aromatic N) is 2. The lowest BCUT2D eigenvalue weighted by Gasteiger charge is -2.14. The van der Waals surface area contributed by atoms with Crippen molar-refractivity contribution in [1.29, 1.82) is 0 Å². The Balaban J connectivity index is 1.86. The summed E-state index contributed by atoms with van der Waals surface area (Å²) in [4.78, 5) is 29.7. The molecule has 2 heterocycles. The molecule has 0 aliphatic rings. The summed E-state index contributed by atoms with van der Waals surface area (Å²) in [6, 6.07) is 14.0. The summed E-state index contributed by atoms with van der Waals surface area (Å²) >= 11 is 0. The summed E-state index contributed by atoms with van der Waals surface area (Å²) in [6.07, 6.45) is -4.10. The first-order valence-corrected chi connectivity index (χ1v) is 13.0. The number of benzene rings is 2. The van der Waals surface area contributed by atoms with Crippen molar-refractivity contribution in [2.75, 3.05) is 13.2 Å². The number of ether oxygens (including phenoxy) is 4. The van der Waals surface area contributed by atoms with Crippen LogP contribution in [0.15, 0.2) is 60.8 Å². The van der Waals surface area contributed by atoms with Gasteiger partial charge in [-0.2, -0.15) is 13.2 Å². The van der Waals surface area contributed by atoms with Crippen molar-refractivity contribution >= 4 is 22.8 Å². The Kier molecular flexibility index (Phi) is 8.85. The van der Waals surface area contributed by atoms with Crippen LogP contribution in [0.1, 0.15) is 49.3 Å². The Bertz CT molecular complexity index is 1530. The van der Waals surface area contributed by atoms with Gasteiger partial charge in [-0.05, 0) is 76.2 Å². The Morgan fingerprint density at radius 1 is 0.927 bits per heavy atom. The number of aromatic nitrogens is 2. The van der Waals surface area contributed by atoms with Crippen molar-refractivity contribution in [3.63, 3.8) is 0 Å². The molecule has 0 bridgehead atoms. The highest BCUT2D eigenvalue weighted by atomic mass is 19.4. The monoisotopic (exact) mass is 570 g/mol. The Labute approximate surface area is 234 Å². The molecule has 0 spiro atoms. The molecule has 2 aromatic carbocycles. The molecule has 2 aromatic heterocycles. The number of hydrogen-bond acceptors (Lipinski definition) is 7. The molecule has 4 rings (SSSR count). The van der Waals surface area contributed by atoms with Crippen LogP contribution in [0, 0.1) is 0 Å². The van der Waals surface area contributed by atoms with Crippen molar-refractivity contribution in [1.82, 2.24) is 9.55 Å². The predicted octanol–water partition coefficient (Wildman–Crippen LogP) is 6.91. The molecule has 0 aliphatic heterocycles. The highest BCUT2D eigenvalue weighted by molar-refractivity contribution is 6.07. The van der Waals surface area contributed by atoms with Gasteiger partial charge in [0, 0.05) is 29.0 Å². The molecule has 0 saturated carbocycles. The van der Waals surface area contributed by atoms with Crippen LogP contribution in [0.2, 0.25) is 0 Å². The maximum Gasteiger partial charge on any atom is 0.417 e. The van der Waals surface area contributed by atoms with Gasteiger partial charge in [0.05, 0.1) is 42.4 Å². The van der Waals surface area contributed by atoms with Crippen molar-refractivity contribution in [2.24, 2.45) is 0 Å². The summed E-state index contributed by atoms with van der Waals surface area (Å²) in [6.45, 7) is 7.43. The third-order valence-electron chi connectivity index (χ3n) is 5.89. The first-order valence-electron chi connectivity index (χ1n) is 13.0. The number of fused-ring (bicyclic) bond motifs is 1. The Morgan fingerprint density at radius 3 is 2.20 bits per heavy atom. The van der Waals surface area contributed by atoms with Crippen LogP contribution in [-0.4, -0.2) is 40.8 Å². The average molecular weight is 571 g/mol. The molecular formula is C30H29F3N2O6. The van der Waals surface area contributed by atoms with Gasteiger partial charge in [-0.3, -0.25) is 4.79 Å². The summed E-state index contributed by atoms with van der Waals surface area (Å²) in [7, 11) is 0. The molecule has 0 aliphatic carbocycles. The highest BCUT2D eigenvalue weighted by Crippen LogP contribution is 2.36. The van der Waals surface area contributed by atoms with E-state index >= 15 is 0 Å². The number of carbonyl (C=O) groups is 2. The topological polar surface area (TPSA) is 88.9 Å². The van der Waals surface area contributed by atoms with Gasteiger partial charge in [-0.25, -0.2) is 9.78 Å². The van der Waals surface area contributed by atoms with Gasteiger partial charge in [0.2, 0.25) is 5.88 Å². The average Bonchev–Trinajstić information content (AvgIpc) is 3.21. The molecule has 0 saturated heterocycles. The lowest BCUT2D eigenvalue weighted by Crippen LogP contribution is -2.15. The summed E-state index contributed by atoms with van der Waals surface area (Å²) in [5, 5.41) is 0.412. The SMILES string of the molecule is CCOC(=O)Cc1c(C(=O)OCC)c2cc(Oc3ccc(C(F)(F)F)cn3)ccc2n1-c1ccc(OC(C)C)cc1. The third kappa shape index (κ3) is 6.79. The Hall–Kier alpha value is -4.54. The third-order valence-corrected chi connectivity index (χ3v) is 5.89. The predicted molar refractivity (Wildman–Crippen MR) is 145 cm³/mol. The molecule has 216 valence electrons. The minimum atomic E-state index is -4.53. The van der Waals surface area contributed by atoms with Crippen LogP contribution in [-0.2, 0) is 26.9 Å². The van der Waals surface area contributed by atoms with E-state index in [0.29, 0.717) is 34.2 Å². The van der Waals surface area contributed by atoms with Crippen LogP contribution in [0.5, 0.6) is 17.4 Å². The lowest BCUT2D eigenvalue weighted by atomic mass is 10.1. The summed E-state index contributed by atoms with van der Waals surface area (Å²) in [5.74, 6) is -0.386. The van der Waals surface area contributed by atoms with Gasteiger partial charge in [0.25, 0.3) is 0 Å². The maximum atomic E-state index is 13.3. The van der Waals surface area contributed by atoms with Crippen molar-refractivity contribution < 1.29 is 41.7 Å². The number of halogens is 3. The second-order valence-corrected chi connectivity index (χ2v) is 9.18. The van der Waals surface area contributed by atoms with E-state index in [1.54, 1.807) is 60.9 Å². The van der Waals surface area contributed by atoms with Crippen molar-refractivity contribution in [2.45, 2.75) is 46.4 Å². The molecule has 0 radical (unpaired) electrons. The molecule has 0 fully saturated rings. The zero-order valence-electron chi connectivity index (χ0n) is 22.9. The molecule has 0 atom stereocenters. The molecule has 0 N–H and O–H groups in total. The van der Waals surface area contributed by atoms with E-state index in [0.717, 1.165) is 12.1 Å². The van der Waals surface area contributed by atoms with Crippen LogP contribution in [0.3, 0.4) is 0 Å². The first kappa shape index (κ1) is 29.4. The van der Waals surface area contributed by atoms with Crippen molar-refractivity contribution in [3.05, 3.63) is 77.6 Å². The fourth-order valence-electron chi connectivity index (χ4n) is 4.30. The molecule has 0 unspecified atom stereocenters. The van der Waals surface area contributed by atoms with Gasteiger partial charge in [0.15, 0.2) is 0 Å². The quantitative estimate of drug-likeness (QED) is 0.192. The summed E-state index contributed by atoms with van der Waals surface area (Å²) < 4.78 is 62.6. The standard InChI is InChI=1S/C30H29F3N2O6/c1-5-38-27(36)16-25-28(29(37)39-6-2)23-15-22(41-26-14-7-19(17-34-26)30(31,32)33)12-13-24(23)35(25)20-8-10-21(11-9-20)40-18(3)4/h7-15,17-18H,5-6,16H2,1-4H3. The van der Waals surface area contributed by atoms with Crippen LogP contribution >= 0.6 is 0 Å². The normalized spacial score (nSPS) is 11.5. The molecule has 4 aromatic rings. The van der Waals surface area contributed by atoms with Gasteiger partial charge in [-0.1, -0.05) is 0 Å². The minimum Gasteiger partial charge on any atom is -0.491 e. The van der Waals surface area contributed by atoms with Crippen LogP contribution in [0.4, 0.5) is 13.2 Å². The lowest BCUT2D eigenvalue weighted by molar-refractivity contribution is -0.142. The van der Waals surface area contributed by atoms with E-state index < -0.39 is 23.7 Å². The van der Waals surface area contributed by atoms with E-state index in [9.17, 15) is 22.8 Å². The van der Waals surface area contributed by atoms with E-state index in [1.165, 1.54) is 0 Å². The van der Waals surface area contributed by atoms with Gasteiger partial charge >= 0.3 is 18.1 Å². The van der Waals surface area contributed by atoms with Crippen molar-refractivity contribution in [3.8, 4) is 23.1 Å². The van der Waals surface area contributed by atoms with Crippen LogP contribution < -0.4 is 9.47 Å². The minimum absolute atomic E-state index is 0.0272. The fourth-order valence-corrected chi connectivity index (χ4v) is 4.30. The molecule has 11 heteroatoms. The van der Waals surface area contributed by atoms with E-state index in [2.05, 4.69) is 4.98 Å². The molecule has 8 nitrogen and oxygen atoms in total. The number of rotatable bonds is 10. The number of carbonyl (C=O) groups excluding carboxylic acids is 2. The smallest absolute Gasteiger partial charge is 0.417 e. The van der Waals surface area contributed by atoms with E-state index in [1.807, 2.05) is 13.8 Å². The largest absolute Gasteiger partial charge is 0.491 e. The van der Waals surface area contributed by atoms with E-state index in [-0.39, 0.29) is 42.9 Å². The Morgan fingerprint density at radius 2 is 1.61 bits per heavy atom. The second-order valence-electron chi connectivity index (χ2n) is 9.18. The number of hydrogen-bond donors (Lipinski definition) is 0.